The van der Waals surface area contributed by atoms with Crippen molar-refractivity contribution in [3.8, 4) is 5.75 Å². The van der Waals surface area contributed by atoms with E-state index in [1.807, 2.05) is 0 Å². The lowest BCUT2D eigenvalue weighted by atomic mass is 10.1. The van der Waals surface area contributed by atoms with Crippen LogP contribution in [0.25, 0.3) is 0 Å². The predicted molar refractivity (Wildman–Crippen MR) is 69.2 cm³/mol. The van der Waals surface area contributed by atoms with E-state index >= 15 is 0 Å². The Morgan fingerprint density at radius 2 is 2.06 bits per heavy atom. The number of piperidine rings is 1. The van der Waals surface area contributed by atoms with E-state index in [2.05, 4.69) is 10.0 Å². The van der Waals surface area contributed by atoms with Crippen LogP contribution in [0.2, 0.25) is 0 Å². The number of sulfonamides is 1. The lowest BCUT2D eigenvalue weighted by Crippen LogP contribution is -2.45. The van der Waals surface area contributed by atoms with E-state index < -0.39 is 10.0 Å². The van der Waals surface area contributed by atoms with E-state index in [4.69, 9.17) is 4.74 Å². The van der Waals surface area contributed by atoms with Gasteiger partial charge in [0.2, 0.25) is 10.0 Å². The summed E-state index contributed by atoms with van der Waals surface area (Å²) in [6.45, 7) is 1.65. The van der Waals surface area contributed by atoms with E-state index in [-0.39, 0.29) is 10.9 Å². The molecule has 1 fully saturated rings. The zero-order chi connectivity index (χ0) is 13.0. The Kier molecular flexibility index (Phi) is 4.21. The highest BCUT2D eigenvalue weighted by Gasteiger charge is 2.21. The van der Waals surface area contributed by atoms with Gasteiger partial charge in [0, 0.05) is 12.6 Å². The van der Waals surface area contributed by atoms with Crippen LogP contribution in [0.5, 0.6) is 5.75 Å². The van der Waals surface area contributed by atoms with Gasteiger partial charge in [0.15, 0.2) is 0 Å². The average Bonchev–Trinajstić information content (AvgIpc) is 2.39. The average molecular weight is 270 g/mol. The van der Waals surface area contributed by atoms with Gasteiger partial charge in [-0.3, -0.25) is 0 Å². The van der Waals surface area contributed by atoms with Gasteiger partial charge < -0.3 is 10.1 Å². The molecule has 0 saturated carbocycles. The smallest absolute Gasteiger partial charge is 0.240 e. The number of hydrogen-bond donors (Lipinski definition) is 2. The molecule has 0 spiro atoms. The first kappa shape index (κ1) is 13.3. The Hall–Kier alpha value is -1.11. The maximum atomic E-state index is 12.1. The van der Waals surface area contributed by atoms with E-state index in [1.165, 1.54) is 0 Å². The minimum Gasteiger partial charge on any atom is -0.497 e. The van der Waals surface area contributed by atoms with Crippen molar-refractivity contribution in [3.05, 3.63) is 24.3 Å². The summed E-state index contributed by atoms with van der Waals surface area (Å²) in [4.78, 5) is 0.272. The monoisotopic (exact) mass is 270 g/mol. The zero-order valence-corrected chi connectivity index (χ0v) is 11.2. The molecule has 1 aliphatic heterocycles. The molecule has 2 rings (SSSR count). The van der Waals surface area contributed by atoms with Gasteiger partial charge in [-0.25, -0.2) is 13.1 Å². The highest BCUT2D eigenvalue weighted by atomic mass is 32.2. The molecule has 2 N–H and O–H groups in total. The maximum absolute atomic E-state index is 12.1. The molecule has 0 aliphatic carbocycles. The molecule has 0 radical (unpaired) electrons. The predicted octanol–water partition coefficient (Wildman–Crippen LogP) is 0.725. The second kappa shape index (κ2) is 5.69. The van der Waals surface area contributed by atoms with Crippen molar-refractivity contribution in [1.82, 2.24) is 10.0 Å². The first-order chi connectivity index (χ1) is 8.62. The number of hydrogen-bond acceptors (Lipinski definition) is 4. The third kappa shape index (κ3) is 3.22. The van der Waals surface area contributed by atoms with E-state index in [0.29, 0.717) is 12.3 Å². The lowest BCUT2D eigenvalue weighted by molar-refractivity contribution is 0.414. The van der Waals surface area contributed by atoms with Crippen LogP contribution in [-0.2, 0) is 10.0 Å². The number of ether oxygens (including phenoxy) is 1. The topological polar surface area (TPSA) is 67.4 Å². The molecule has 5 nitrogen and oxygen atoms in total. The second-order valence-electron chi connectivity index (χ2n) is 4.34. The van der Waals surface area contributed by atoms with Gasteiger partial charge in [-0.2, -0.15) is 0 Å². The highest BCUT2D eigenvalue weighted by Crippen LogP contribution is 2.16. The van der Waals surface area contributed by atoms with E-state index in [9.17, 15) is 8.42 Å². The van der Waals surface area contributed by atoms with Crippen LogP contribution in [-0.4, -0.2) is 34.7 Å². The fraction of sp³-hybridized carbons (Fsp3) is 0.500. The Bertz CT molecular complexity index is 479. The summed E-state index contributed by atoms with van der Waals surface area (Å²) in [5, 5.41) is 3.18. The van der Waals surface area contributed by atoms with Gasteiger partial charge >= 0.3 is 0 Å². The van der Waals surface area contributed by atoms with Gasteiger partial charge in [0.25, 0.3) is 0 Å². The van der Waals surface area contributed by atoms with Crippen LogP contribution in [0.3, 0.4) is 0 Å². The second-order valence-corrected chi connectivity index (χ2v) is 6.05. The normalized spacial score (nSPS) is 20.6. The van der Waals surface area contributed by atoms with Crippen LogP contribution < -0.4 is 14.8 Å². The molecule has 1 unspecified atom stereocenters. The standard InChI is InChI=1S/C12H18N2O3S/c1-17-11-4-6-12(7-5-11)18(15,16)14-10-3-2-8-13-9-10/h4-7,10,13-14H,2-3,8-9H2,1H3. The highest BCUT2D eigenvalue weighted by molar-refractivity contribution is 7.89. The molecule has 18 heavy (non-hydrogen) atoms. The summed E-state index contributed by atoms with van der Waals surface area (Å²) in [5.74, 6) is 0.647. The summed E-state index contributed by atoms with van der Waals surface area (Å²) < 4.78 is 32.0. The van der Waals surface area contributed by atoms with Crippen LogP contribution in [0.4, 0.5) is 0 Å². The molecule has 1 aromatic carbocycles. The van der Waals surface area contributed by atoms with Gasteiger partial charge in [-0.05, 0) is 43.7 Å². The molecular formula is C12H18N2O3S. The molecular weight excluding hydrogens is 252 g/mol. The molecule has 6 heteroatoms. The van der Waals surface area contributed by atoms with Crippen LogP contribution in [0, 0.1) is 0 Å². The van der Waals surface area contributed by atoms with Crippen LogP contribution in [0.1, 0.15) is 12.8 Å². The van der Waals surface area contributed by atoms with Gasteiger partial charge in [-0.1, -0.05) is 0 Å². The first-order valence-electron chi connectivity index (χ1n) is 5.99. The molecule has 1 saturated heterocycles. The Morgan fingerprint density at radius 3 is 2.61 bits per heavy atom. The minimum absolute atomic E-state index is 0.0224. The fourth-order valence-corrected chi connectivity index (χ4v) is 3.27. The molecule has 1 aliphatic rings. The van der Waals surface area contributed by atoms with E-state index in [1.54, 1.807) is 31.4 Å². The molecule has 1 aromatic rings. The fourth-order valence-electron chi connectivity index (χ4n) is 1.99. The summed E-state index contributed by atoms with van der Waals surface area (Å²) >= 11 is 0. The number of rotatable bonds is 4. The summed E-state index contributed by atoms with van der Waals surface area (Å²) in [5.41, 5.74) is 0. The molecule has 0 amide bonds. The van der Waals surface area contributed by atoms with E-state index in [0.717, 1.165) is 19.4 Å². The largest absolute Gasteiger partial charge is 0.497 e. The van der Waals surface area contributed by atoms with Gasteiger partial charge in [0.05, 0.1) is 12.0 Å². The van der Waals surface area contributed by atoms with Crippen molar-refractivity contribution >= 4 is 10.0 Å². The number of benzene rings is 1. The zero-order valence-electron chi connectivity index (χ0n) is 10.3. The molecule has 1 atom stereocenters. The SMILES string of the molecule is COc1ccc(S(=O)(=O)NC2CCCNC2)cc1. The molecule has 0 bridgehead atoms. The maximum Gasteiger partial charge on any atom is 0.240 e. The molecule has 0 aromatic heterocycles. The van der Waals surface area contributed by atoms with Gasteiger partial charge in [-0.15, -0.1) is 0 Å². The Balaban J connectivity index is 2.08. The summed E-state index contributed by atoms with van der Waals surface area (Å²) in [7, 11) is -1.88. The van der Waals surface area contributed by atoms with Crippen molar-refractivity contribution in [2.75, 3.05) is 20.2 Å². The third-order valence-electron chi connectivity index (χ3n) is 2.99. The molecule has 100 valence electrons. The first-order valence-corrected chi connectivity index (χ1v) is 7.47. The number of nitrogens with one attached hydrogen (secondary N) is 2. The van der Waals surface area contributed by atoms with Gasteiger partial charge in [0.1, 0.15) is 5.75 Å². The minimum atomic E-state index is -3.43. The quantitative estimate of drug-likeness (QED) is 0.846. The van der Waals surface area contributed by atoms with Crippen molar-refractivity contribution < 1.29 is 13.2 Å². The van der Waals surface area contributed by atoms with Crippen molar-refractivity contribution in [3.63, 3.8) is 0 Å². The summed E-state index contributed by atoms with van der Waals surface area (Å²) in [6.07, 6.45) is 1.87. The van der Waals surface area contributed by atoms with Crippen LogP contribution >= 0.6 is 0 Å². The third-order valence-corrected chi connectivity index (χ3v) is 4.52. The lowest BCUT2D eigenvalue weighted by Gasteiger charge is -2.23. The van der Waals surface area contributed by atoms with Crippen molar-refractivity contribution in [1.29, 1.82) is 0 Å². The Morgan fingerprint density at radius 1 is 1.33 bits per heavy atom. The van der Waals surface area contributed by atoms with Crippen molar-refractivity contribution in [2.24, 2.45) is 0 Å². The Labute approximate surface area is 108 Å². The molecule has 1 heterocycles. The number of methoxy groups -OCH3 is 1. The summed E-state index contributed by atoms with van der Waals surface area (Å²) in [6, 6.07) is 6.38. The van der Waals surface area contributed by atoms with Crippen molar-refractivity contribution in [2.45, 2.75) is 23.8 Å². The van der Waals surface area contributed by atoms with Crippen LogP contribution in [0.15, 0.2) is 29.2 Å².